The van der Waals surface area contributed by atoms with Gasteiger partial charge in [-0.05, 0) is 104 Å². The van der Waals surface area contributed by atoms with Crippen LogP contribution in [0.3, 0.4) is 0 Å². The summed E-state index contributed by atoms with van der Waals surface area (Å²) in [6.45, 7) is 8.47. The highest BCUT2D eigenvalue weighted by Gasteiger charge is 2.15. The fourth-order valence-electron chi connectivity index (χ4n) is 5.13. The second-order valence-electron chi connectivity index (χ2n) is 11.6. The fourth-order valence-corrected chi connectivity index (χ4v) is 6.19. The zero-order chi connectivity index (χ0) is 28.1. The molecule has 0 radical (unpaired) electrons. The number of carbonyl (C=O) groups excluding carboxylic acids is 1. The Hall–Kier alpha value is -3.63. The molecule has 0 bridgehead atoms. The Bertz CT molecular complexity index is 1630. The average molecular weight is 550 g/mol. The lowest BCUT2D eigenvalue weighted by molar-refractivity contribution is 0.0527. The normalized spacial score (nSPS) is 11.7. The molecule has 1 aromatic heterocycles. The second kappa shape index (κ2) is 12.3. The van der Waals surface area contributed by atoms with E-state index in [-0.39, 0.29) is 6.09 Å². The lowest BCUT2D eigenvalue weighted by atomic mass is 9.97. The summed E-state index contributed by atoms with van der Waals surface area (Å²) in [5.74, 6) is 0. The quantitative estimate of drug-likeness (QED) is 0.186. The number of hydrogen-bond acceptors (Lipinski definition) is 3. The van der Waals surface area contributed by atoms with E-state index in [0.29, 0.717) is 6.54 Å². The van der Waals surface area contributed by atoms with Crippen LogP contribution >= 0.6 is 11.3 Å². The summed E-state index contributed by atoms with van der Waals surface area (Å²) >= 11 is 1.86. The van der Waals surface area contributed by atoms with E-state index in [0.717, 1.165) is 19.3 Å². The molecule has 0 aliphatic carbocycles. The number of unbranched alkanes of at least 4 members (excludes halogenated alkanes) is 1. The molecule has 0 aliphatic heterocycles. The number of amides is 1. The maximum atomic E-state index is 11.9. The zero-order valence-corrected chi connectivity index (χ0v) is 24.9. The van der Waals surface area contributed by atoms with Crippen LogP contribution in [-0.2, 0) is 17.6 Å². The van der Waals surface area contributed by atoms with Crippen LogP contribution in [0.1, 0.15) is 58.1 Å². The van der Waals surface area contributed by atoms with Gasteiger partial charge in [-0.1, -0.05) is 74.0 Å². The van der Waals surface area contributed by atoms with Crippen molar-refractivity contribution in [3.63, 3.8) is 0 Å². The van der Waals surface area contributed by atoms with Crippen molar-refractivity contribution in [2.24, 2.45) is 0 Å². The van der Waals surface area contributed by atoms with Gasteiger partial charge in [0.1, 0.15) is 5.60 Å². The van der Waals surface area contributed by atoms with Crippen LogP contribution in [0.4, 0.5) is 4.79 Å². The predicted molar refractivity (Wildman–Crippen MR) is 171 cm³/mol. The number of nitrogens with one attached hydrogen (secondary N) is 1. The van der Waals surface area contributed by atoms with Gasteiger partial charge in [0.25, 0.3) is 0 Å². The van der Waals surface area contributed by atoms with Gasteiger partial charge in [0.2, 0.25) is 0 Å². The molecule has 5 aromatic rings. The van der Waals surface area contributed by atoms with Gasteiger partial charge in [0.05, 0.1) is 0 Å². The topological polar surface area (TPSA) is 38.3 Å². The minimum absolute atomic E-state index is 0.357. The van der Waals surface area contributed by atoms with E-state index >= 15 is 0 Å². The van der Waals surface area contributed by atoms with E-state index in [2.05, 4.69) is 97.2 Å². The Kier molecular flexibility index (Phi) is 8.56. The monoisotopic (exact) mass is 549 g/mol. The molecule has 1 heterocycles. The number of benzene rings is 4. The Labute approximate surface area is 242 Å². The number of rotatable bonds is 9. The smallest absolute Gasteiger partial charge is 0.407 e. The van der Waals surface area contributed by atoms with Crippen molar-refractivity contribution in [3.8, 4) is 22.3 Å². The minimum atomic E-state index is -0.478. The van der Waals surface area contributed by atoms with Gasteiger partial charge >= 0.3 is 6.09 Å². The van der Waals surface area contributed by atoms with E-state index in [1.165, 1.54) is 66.4 Å². The molecule has 40 heavy (non-hydrogen) atoms. The summed E-state index contributed by atoms with van der Waals surface area (Å²) in [4.78, 5) is 11.9. The molecule has 4 aromatic carbocycles. The van der Waals surface area contributed by atoms with Crippen LogP contribution in [0.2, 0.25) is 0 Å². The molecule has 206 valence electrons. The van der Waals surface area contributed by atoms with Gasteiger partial charge < -0.3 is 10.1 Å². The van der Waals surface area contributed by atoms with Crippen molar-refractivity contribution in [2.45, 2.75) is 65.4 Å². The molecule has 1 N–H and O–H groups in total. The summed E-state index contributed by atoms with van der Waals surface area (Å²) in [5, 5.41) is 5.49. The van der Waals surface area contributed by atoms with Gasteiger partial charge in [-0.3, -0.25) is 0 Å². The van der Waals surface area contributed by atoms with E-state index in [1.807, 2.05) is 32.1 Å². The van der Waals surface area contributed by atoms with E-state index in [4.69, 9.17) is 4.74 Å². The summed E-state index contributed by atoms with van der Waals surface area (Å²) in [6.07, 6.45) is 4.98. The number of ether oxygens (including phenoxy) is 1. The number of alkyl carbamates (subject to hydrolysis) is 1. The zero-order valence-electron chi connectivity index (χ0n) is 24.1. The van der Waals surface area contributed by atoms with Crippen LogP contribution < -0.4 is 5.32 Å². The molecule has 5 rings (SSSR count). The highest BCUT2D eigenvalue weighted by molar-refractivity contribution is 7.25. The van der Waals surface area contributed by atoms with Gasteiger partial charge in [-0.2, -0.15) is 0 Å². The first-order valence-corrected chi connectivity index (χ1v) is 15.2. The van der Waals surface area contributed by atoms with Crippen LogP contribution in [0, 0.1) is 0 Å². The molecule has 4 heteroatoms. The van der Waals surface area contributed by atoms with Gasteiger partial charge in [-0.15, -0.1) is 11.3 Å². The second-order valence-corrected chi connectivity index (χ2v) is 12.6. The molecule has 3 nitrogen and oxygen atoms in total. The third-order valence-corrected chi connectivity index (χ3v) is 8.27. The van der Waals surface area contributed by atoms with Crippen molar-refractivity contribution < 1.29 is 9.53 Å². The Morgan fingerprint density at radius 3 is 1.77 bits per heavy atom. The molecule has 0 unspecified atom stereocenters. The first-order valence-electron chi connectivity index (χ1n) is 14.4. The average Bonchev–Trinajstić information content (AvgIpc) is 3.31. The lowest BCUT2D eigenvalue weighted by Gasteiger charge is -2.19. The maximum Gasteiger partial charge on any atom is 0.407 e. The largest absolute Gasteiger partial charge is 0.444 e. The molecule has 0 fully saturated rings. The molecular weight excluding hydrogens is 510 g/mol. The molecule has 0 aliphatic rings. The van der Waals surface area contributed by atoms with Crippen molar-refractivity contribution in [3.05, 3.63) is 96.1 Å². The third-order valence-electron chi connectivity index (χ3n) is 7.12. The number of thiophene rings is 1. The Morgan fingerprint density at radius 1 is 0.725 bits per heavy atom. The SMILES string of the molecule is CCCCc1cccc(-c2ccc3sc4ccc(-c5cccc(CCCNC(=O)OC(C)(C)C)c5)cc4c3c2)c1. The standard InChI is InChI=1S/C36H39NO2S/c1-5-6-10-25-11-7-14-27(21-25)29-16-18-33-31(23-29)32-24-30(17-19-34(32)40-33)28-15-8-12-26(22-28)13-9-20-37-35(38)39-36(2,3)4/h7-8,11-12,14-19,21-24H,5-6,9-10,13,20H2,1-4H3,(H,37,38). The van der Waals surface area contributed by atoms with Crippen LogP contribution in [-0.4, -0.2) is 18.2 Å². The van der Waals surface area contributed by atoms with Crippen molar-refractivity contribution in [1.29, 1.82) is 0 Å². The summed E-state index contributed by atoms with van der Waals surface area (Å²) in [6, 6.07) is 31.5. The number of aryl methyl sites for hydroxylation is 2. The van der Waals surface area contributed by atoms with Crippen molar-refractivity contribution in [1.82, 2.24) is 5.32 Å². The van der Waals surface area contributed by atoms with Crippen molar-refractivity contribution in [2.75, 3.05) is 6.54 Å². The Morgan fingerprint density at radius 2 is 1.25 bits per heavy atom. The first kappa shape index (κ1) is 27.9. The highest BCUT2D eigenvalue weighted by Crippen LogP contribution is 2.38. The molecule has 0 spiro atoms. The minimum Gasteiger partial charge on any atom is -0.444 e. The molecule has 0 saturated heterocycles. The highest BCUT2D eigenvalue weighted by atomic mass is 32.1. The number of fused-ring (bicyclic) bond motifs is 3. The lowest BCUT2D eigenvalue weighted by Crippen LogP contribution is -2.33. The maximum absolute atomic E-state index is 11.9. The van der Waals surface area contributed by atoms with E-state index in [1.54, 1.807) is 0 Å². The molecular formula is C36H39NO2S. The van der Waals surface area contributed by atoms with Crippen LogP contribution in [0.5, 0.6) is 0 Å². The van der Waals surface area contributed by atoms with Crippen LogP contribution in [0.25, 0.3) is 42.4 Å². The number of hydrogen-bond donors (Lipinski definition) is 1. The van der Waals surface area contributed by atoms with Crippen molar-refractivity contribution >= 4 is 37.6 Å². The first-order chi connectivity index (χ1) is 19.3. The fraction of sp³-hybridized carbons (Fsp3) is 0.306. The summed E-state index contributed by atoms with van der Waals surface area (Å²) in [5.41, 5.74) is 7.22. The van der Waals surface area contributed by atoms with Gasteiger partial charge in [-0.25, -0.2) is 4.79 Å². The van der Waals surface area contributed by atoms with Gasteiger partial charge in [0.15, 0.2) is 0 Å². The van der Waals surface area contributed by atoms with E-state index < -0.39 is 5.60 Å². The van der Waals surface area contributed by atoms with Crippen LogP contribution in [0.15, 0.2) is 84.9 Å². The number of carbonyl (C=O) groups is 1. The predicted octanol–water partition coefficient (Wildman–Crippen LogP) is 10.2. The van der Waals surface area contributed by atoms with Gasteiger partial charge in [0, 0.05) is 26.7 Å². The van der Waals surface area contributed by atoms with E-state index in [9.17, 15) is 4.79 Å². The molecule has 0 saturated carbocycles. The summed E-state index contributed by atoms with van der Waals surface area (Å²) in [7, 11) is 0. The third kappa shape index (κ3) is 6.92. The molecule has 1 amide bonds. The molecule has 0 atom stereocenters. The Balaban J connectivity index is 1.35. The summed E-state index contributed by atoms with van der Waals surface area (Å²) < 4.78 is 7.97.